The van der Waals surface area contributed by atoms with Crippen LogP contribution in [0.5, 0.6) is 0 Å². The van der Waals surface area contributed by atoms with E-state index in [9.17, 15) is 13.2 Å². The zero-order valence-corrected chi connectivity index (χ0v) is 18.7. The Kier molecular flexibility index (Phi) is 7.23. The van der Waals surface area contributed by atoms with Gasteiger partial charge >= 0.3 is 0 Å². The number of carbonyl (C=O) groups excluding carboxylic acids is 1. The molecule has 1 heterocycles. The quantitative estimate of drug-likeness (QED) is 0.615. The summed E-state index contributed by atoms with van der Waals surface area (Å²) in [6.45, 7) is 5.14. The summed E-state index contributed by atoms with van der Waals surface area (Å²) in [7, 11) is -3.78. The maximum Gasteiger partial charge on any atom is 0.238 e. The maximum atomic E-state index is 12.4. The van der Waals surface area contributed by atoms with Crippen molar-refractivity contribution in [2.75, 3.05) is 5.75 Å². The molecular formula is C20H30N4O3S2. The van der Waals surface area contributed by atoms with E-state index in [4.69, 9.17) is 5.14 Å². The number of hydrogen-bond donors (Lipinski definition) is 2. The number of amides is 1. The fourth-order valence-corrected chi connectivity index (χ4v) is 5.10. The number of primary sulfonamides is 1. The van der Waals surface area contributed by atoms with Crippen LogP contribution in [0.15, 0.2) is 28.3 Å². The van der Waals surface area contributed by atoms with E-state index in [0.717, 1.165) is 61.7 Å². The van der Waals surface area contributed by atoms with Crippen LogP contribution in [0.25, 0.3) is 11.0 Å². The molecule has 1 aliphatic carbocycles. The van der Waals surface area contributed by atoms with E-state index in [1.807, 2.05) is 0 Å². The summed E-state index contributed by atoms with van der Waals surface area (Å²) in [5, 5.41) is 9.12. The van der Waals surface area contributed by atoms with Gasteiger partial charge in [-0.1, -0.05) is 32.0 Å². The Morgan fingerprint density at radius 1 is 1.31 bits per heavy atom. The number of aryl methyl sites for hydroxylation is 1. The standard InChI is InChI=1S/C20H30N4O3S2/c1-3-4-11-24-18-10-9-16(29(21,26)27)12-17(18)23-20(24)28-13-19(25)22-15-7-5-14(2)6-8-15/h9-10,12,14-15H,3-8,11,13H2,1-2H3,(H,22,25)(H2,21,26,27). The second kappa shape index (κ2) is 9.49. The third-order valence-corrected chi connectivity index (χ3v) is 7.35. The second-order valence-corrected chi connectivity index (χ2v) is 10.4. The number of unbranched alkanes of at least 4 members (excludes halogenated alkanes) is 1. The summed E-state index contributed by atoms with van der Waals surface area (Å²) < 4.78 is 25.4. The molecule has 0 bridgehead atoms. The number of nitrogens with one attached hydrogen (secondary N) is 1. The van der Waals surface area contributed by atoms with Crippen molar-refractivity contribution in [2.24, 2.45) is 11.1 Å². The molecule has 1 aromatic carbocycles. The van der Waals surface area contributed by atoms with Crippen LogP contribution in [0.1, 0.15) is 52.4 Å². The molecule has 7 nitrogen and oxygen atoms in total. The first-order valence-electron chi connectivity index (χ1n) is 10.2. The van der Waals surface area contributed by atoms with Crippen molar-refractivity contribution in [2.45, 2.75) is 75.0 Å². The van der Waals surface area contributed by atoms with Gasteiger partial charge in [0, 0.05) is 12.6 Å². The van der Waals surface area contributed by atoms with E-state index in [0.29, 0.717) is 11.3 Å². The molecule has 1 amide bonds. The van der Waals surface area contributed by atoms with Gasteiger partial charge in [0.05, 0.1) is 21.7 Å². The van der Waals surface area contributed by atoms with Gasteiger partial charge in [-0.3, -0.25) is 4.79 Å². The third-order valence-electron chi connectivity index (χ3n) is 5.46. The Morgan fingerprint density at radius 3 is 2.69 bits per heavy atom. The van der Waals surface area contributed by atoms with Gasteiger partial charge in [0.2, 0.25) is 15.9 Å². The van der Waals surface area contributed by atoms with Gasteiger partial charge in [0.25, 0.3) is 0 Å². The van der Waals surface area contributed by atoms with Gasteiger partial charge in [-0.2, -0.15) is 0 Å². The van der Waals surface area contributed by atoms with Crippen LogP contribution in [0.2, 0.25) is 0 Å². The molecule has 0 unspecified atom stereocenters. The Labute approximate surface area is 176 Å². The summed E-state index contributed by atoms with van der Waals surface area (Å²) in [6, 6.07) is 5.02. The minimum Gasteiger partial charge on any atom is -0.353 e. The van der Waals surface area contributed by atoms with Crippen molar-refractivity contribution in [3.8, 4) is 0 Å². The largest absolute Gasteiger partial charge is 0.353 e. The highest BCUT2D eigenvalue weighted by Gasteiger charge is 2.21. The minimum atomic E-state index is -3.78. The Morgan fingerprint density at radius 2 is 2.03 bits per heavy atom. The molecular weight excluding hydrogens is 408 g/mol. The van der Waals surface area contributed by atoms with Gasteiger partial charge in [-0.05, 0) is 56.2 Å². The predicted octanol–water partition coefficient (Wildman–Crippen LogP) is 3.27. The molecule has 0 saturated heterocycles. The fraction of sp³-hybridized carbons (Fsp3) is 0.600. The van der Waals surface area contributed by atoms with E-state index in [2.05, 4.69) is 28.7 Å². The van der Waals surface area contributed by atoms with Gasteiger partial charge in [-0.25, -0.2) is 18.5 Å². The highest BCUT2D eigenvalue weighted by molar-refractivity contribution is 7.99. The van der Waals surface area contributed by atoms with Crippen molar-refractivity contribution in [3.63, 3.8) is 0 Å². The van der Waals surface area contributed by atoms with Crippen LogP contribution in [0.3, 0.4) is 0 Å². The van der Waals surface area contributed by atoms with Gasteiger partial charge in [0.15, 0.2) is 5.16 Å². The number of nitrogens with zero attached hydrogens (tertiary/aromatic N) is 2. The van der Waals surface area contributed by atoms with Gasteiger partial charge in [-0.15, -0.1) is 0 Å². The van der Waals surface area contributed by atoms with E-state index >= 15 is 0 Å². The Balaban J connectivity index is 1.73. The van der Waals surface area contributed by atoms with Crippen molar-refractivity contribution in [3.05, 3.63) is 18.2 Å². The topological polar surface area (TPSA) is 107 Å². The number of sulfonamides is 1. The molecule has 3 N–H and O–H groups in total. The van der Waals surface area contributed by atoms with Crippen molar-refractivity contribution in [1.82, 2.24) is 14.9 Å². The van der Waals surface area contributed by atoms with E-state index in [1.54, 1.807) is 6.07 Å². The average Bonchev–Trinajstić information content (AvgIpc) is 3.02. The van der Waals surface area contributed by atoms with Crippen LogP contribution in [-0.2, 0) is 21.4 Å². The smallest absolute Gasteiger partial charge is 0.238 e. The first-order chi connectivity index (χ1) is 13.8. The normalized spacial score (nSPS) is 20.1. The van der Waals surface area contributed by atoms with E-state index < -0.39 is 10.0 Å². The number of fused-ring (bicyclic) bond motifs is 1. The predicted molar refractivity (Wildman–Crippen MR) is 116 cm³/mol. The number of thioether (sulfide) groups is 1. The molecule has 0 aliphatic heterocycles. The molecule has 1 saturated carbocycles. The molecule has 160 valence electrons. The molecule has 1 aromatic heterocycles. The maximum absolute atomic E-state index is 12.4. The summed E-state index contributed by atoms with van der Waals surface area (Å²) in [6.07, 6.45) is 6.42. The summed E-state index contributed by atoms with van der Waals surface area (Å²) in [5.74, 6) is 1.07. The number of benzene rings is 1. The third kappa shape index (κ3) is 5.73. The second-order valence-electron chi connectivity index (χ2n) is 7.91. The first-order valence-corrected chi connectivity index (χ1v) is 12.8. The summed E-state index contributed by atoms with van der Waals surface area (Å²) >= 11 is 1.39. The lowest BCUT2D eigenvalue weighted by atomic mass is 9.87. The number of carbonyl (C=O) groups is 1. The number of nitrogens with two attached hydrogens (primary N) is 1. The molecule has 29 heavy (non-hydrogen) atoms. The average molecular weight is 439 g/mol. The van der Waals surface area contributed by atoms with Gasteiger partial charge in [0.1, 0.15) is 0 Å². The lowest BCUT2D eigenvalue weighted by Crippen LogP contribution is -2.38. The fourth-order valence-electron chi connectivity index (χ4n) is 3.71. The minimum absolute atomic E-state index is 0.0221. The Bertz CT molecular complexity index is 964. The monoisotopic (exact) mass is 438 g/mol. The van der Waals surface area contributed by atoms with Crippen LogP contribution in [0, 0.1) is 5.92 Å². The van der Waals surface area contributed by atoms with Crippen molar-refractivity contribution in [1.29, 1.82) is 0 Å². The molecule has 3 rings (SSSR count). The number of imidazole rings is 1. The van der Waals surface area contributed by atoms with E-state index in [-0.39, 0.29) is 16.8 Å². The first kappa shape index (κ1) is 22.1. The SMILES string of the molecule is CCCCn1c(SCC(=O)NC2CCC(C)CC2)nc2cc(S(N)(=O)=O)ccc21. The van der Waals surface area contributed by atoms with Crippen LogP contribution in [0.4, 0.5) is 0 Å². The van der Waals surface area contributed by atoms with Crippen molar-refractivity contribution < 1.29 is 13.2 Å². The summed E-state index contributed by atoms with van der Waals surface area (Å²) in [4.78, 5) is 17.1. The molecule has 0 atom stereocenters. The molecule has 1 aliphatic rings. The summed E-state index contributed by atoms with van der Waals surface area (Å²) in [5.41, 5.74) is 1.44. The van der Waals surface area contributed by atoms with Gasteiger partial charge < -0.3 is 9.88 Å². The molecule has 1 fully saturated rings. The Hall–Kier alpha value is -1.58. The molecule has 0 spiro atoms. The van der Waals surface area contributed by atoms with Crippen LogP contribution >= 0.6 is 11.8 Å². The number of hydrogen-bond acceptors (Lipinski definition) is 5. The zero-order valence-electron chi connectivity index (χ0n) is 17.1. The number of rotatable bonds is 8. The zero-order chi connectivity index (χ0) is 21.0. The van der Waals surface area contributed by atoms with E-state index in [1.165, 1.54) is 23.9 Å². The number of aromatic nitrogens is 2. The lowest BCUT2D eigenvalue weighted by Gasteiger charge is -2.26. The van der Waals surface area contributed by atoms with Crippen LogP contribution < -0.4 is 10.5 Å². The lowest BCUT2D eigenvalue weighted by molar-refractivity contribution is -0.119. The van der Waals surface area contributed by atoms with Crippen LogP contribution in [-0.4, -0.2) is 35.7 Å². The molecule has 2 aromatic rings. The molecule has 0 radical (unpaired) electrons. The highest BCUT2D eigenvalue weighted by atomic mass is 32.2. The highest BCUT2D eigenvalue weighted by Crippen LogP contribution is 2.27. The van der Waals surface area contributed by atoms with Crippen molar-refractivity contribution >= 4 is 38.7 Å². The molecule has 9 heteroatoms.